The van der Waals surface area contributed by atoms with Crippen molar-refractivity contribution in [2.24, 2.45) is 0 Å². The molecule has 1 saturated heterocycles. The number of carbonyl (C=O) groups excluding carboxylic acids is 3. The molecule has 0 atom stereocenters. The van der Waals surface area contributed by atoms with Crippen LogP contribution in [-0.4, -0.2) is 38.3 Å². The van der Waals surface area contributed by atoms with E-state index in [2.05, 4.69) is 9.83 Å². The predicted molar refractivity (Wildman–Crippen MR) is 144 cm³/mol. The van der Waals surface area contributed by atoms with E-state index in [4.69, 9.17) is 30.4 Å². The minimum Gasteiger partial charge on any atom is -0.360 e. The van der Waals surface area contributed by atoms with Crippen LogP contribution in [-0.2, 0) is 11.3 Å². The van der Waals surface area contributed by atoms with Crippen molar-refractivity contribution in [2.45, 2.75) is 32.9 Å². The van der Waals surface area contributed by atoms with Crippen LogP contribution in [0.15, 0.2) is 54.7 Å². The van der Waals surface area contributed by atoms with Gasteiger partial charge in [-0.05, 0) is 74.4 Å². The normalized spacial score (nSPS) is 16.5. The third-order valence-electron chi connectivity index (χ3n) is 6.57. The summed E-state index contributed by atoms with van der Waals surface area (Å²) in [7, 11) is 0. The molecule has 2 aliphatic rings. The zero-order chi connectivity index (χ0) is 26.6. The molecule has 3 aromatic rings. The Morgan fingerprint density at radius 3 is 2.24 bits per heavy atom. The van der Waals surface area contributed by atoms with Gasteiger partial charge < -0.3 is 9.74 Å². The number of benzene rings is 2. The van der Waals surface area contributed by atoms with E-state index >= 15 is 0 Å². The van der Waals surface area contributed by atoms with E-state index in [1.165, 1.54) is 16.0 Å². The van der Waals surface area contributed by atoms with Gasteiger partial charge in [0.1, 0.15) is 11.7 Å². The fraction of sp³-hybridized carbons (Fsp3) is 0.185. The van der Waals surface area contributed by atoms with Crippen LogP contribution in [0.2, 0.25) is 5.02 Å². The number of carbonyl (C=O) groups is 3. The summed E-state index contributed by atoms with van der Waals surface area (Å²) < 4.78 is 0. The number of halogens is 1. The Morgan fingerprint density at radius 2 is 1.68 bits per heavy atom. The summed E-state index contributed by atoms with van der Waals surface area (Å²) in [5, 5.41) is 0.577. The van der Waals surface area contributed by atoms with Gasteiger partial charge in [-0.15, -0.1) is 4.98 Å². The van der Waals surface area contributed by atoms with Crippen molar-refractivity contribution in [3.05, 3.63) is 93.4 Å². The average molecular weight is 530 g/mol. The van der Waals surface area contributed by atoms with Crippen molar-refractivity contribution in [1.82, 2.24) is 9.88 Å². The predicted octanol–water partition coefficient (Wildman–Crippen LogP) is 5.31. The van der Waals surface area contributed by atoms with E-state index in [-0.39, 0.29) is 35.2 Å². The zero-order valence-electron chi connectivity index (χ0n) is 20.2. The largest absolute Gasteiger partial charge is 0.360 e. The number of thiocarbonyl (C=S) groups is 1. The number of aromatic nitrogens is 1. The molecule has 0 bridgehead atoms. The third kappa shape index (κ3) is 3.77. The number of hydrogen-bond acceptors (Lipinski definition) is 5. The minimum absolute atomic E-state index is 0.0166. The molecule has 184 valence electrons. The third-order valence-corrected chi connectivity index (χ3v) is 7.29. The van der Waals surface area contributed by atoms with Crippen LogP contribution in [0.3, 0.4) is 0 Å². The van der Waals surface area contributed by atoms with Gasteiger partial charge in [0.2, 0.25) is 0 Å². The lowest BCUT2D eigenvalue weighted by atomic mass is 10.0. The summed E-state index contributed by atoms with van der Waals surface area (Å²) >= 11 is 12.3. The molecule has 1 aromatic heterocycles. The zero-order valence-corrected chi connectivity index (χ0v) is 21.7. The number of nitrogens with zero attached hydrogens (tertiary/aromatic N) is 5. The second-order valence-electron chi connectivity index (χ2n) is 9.28. The molecule has 2 aromatic carbocycles. The smallest absolute Gasteiger partial charge is 0.272 e. The van der Waals surface area contributed by atoms with Gasteiger partial charge in [-0.25, -0.2) is 0 Å². The number of pyridine rings is 1. The highest BCUT2D eigenvalue weighted by Crippen LogP contribution is 2.38. The number of anilines is 2. The van der Waals surface area contributed by atoms with Crippen molar-refractivity contribution in [2.75, 3.05) is 9.80 Å². The van der Waals surface area contributed by atoms with Crippen LogP contribution >= 0.6 is 23.8 Å². The van der Waals surface area contributed by atoms with E-state index < -0.39 is 5.54 Å². The van der Waals surface area contributed by atoms with Gasteiger partial charge in [0.15, 0.2) is 5.11 Å². The SMILES string of the molecule is [C-]#[N+]c1ncc(N2C(=O)C(C)(C)N(c3ccc(CN4C(=O)c5ccccc5C4=O)c(Cl)c3)C2=S)cc1C. The quantitative estimate of drug-likeness (QED) is 0.259. The lowest BCUT2D eigenvalue weighted by Crippen LogP contribution is -2.44. The maximum absolute atomic E-state index is 13.4. The first-order chi connectivity index (χ1) is 17.6. The van der Waals surface area contributed by atoms with Crippen LogP contribution in [0.4, 0.5) is 17.2 Å². The Hall–Kier alpha value is -4.13. The lowest BCUT2D eigenvalue weighted by Gasteiger charge is -2.30. The summed E-state index contributed by atoms with van der Waals surface area (Å²) in [6.45, 7) is 12.5. The first-order valence-corrected chi connectivity index (χ1v) is 12.1. The summed E-state index contributed by atoms with van der Waals surface area (Å²) in [6.07, 6.45) is 1.46. The maximum atomic E-state index is 13.4. The molecule has 3 heterocycles. The van der Waals surface area contributed by atoms with Crippen LogP contribution in [0.1, 0.15) is 45.7 Å². The fourth-order valence-electron chi connectivity index (χ4n) is 4.60. The topological polar surface area (TPSA) is 78.2 Å². The Morgan fingerprint density at radius 1 is 1.03 bits per heavy atom. The molecule has 3 amide bonds. The number of imide groups is 1. The first-order valence-electron chi connectivity index (χ1n) is 11.3. The van der Waals surface area contributed by atoms with Crippen molar-refractivity contribution in [1.29, 1.82) is 0 Å². The highest BCUT2D eigenvalue weighted by atomic mass is 35.5. The lowest BCUT2D eigenvalue weighted by molar-refractivity contribution is -0.120. The number of aryl methyl sites for hydroxylation is 1. The number of rotatable bonds is 4. The Bertz CT molecular complexity index is 1540. The Labute approximate surface area is 223 Å². The van der Waals surface area contributed by atoms with Gasteiger partial charge in [0.25, 0.3) is 23.5 Å². The van der Waals surface area contributed by atoms with Crippen LogP contribution < -0.4 is 9.80 Å². The van der Waals surface area contributed by atoms with Crippen molar-refractivity contribution < 1.29 is 14.4 Å². The van der Waals surface area contributed by atoms with Gasteiger partial charge in [-0.3, -0.25) is 24.2 Å². The molecule has 1 fully saturated rings. The molecule has 8 nitrogen and oxygen atoms in total. The van der Waals surface area contributed by atoms with E-state index in [1.54, 1.807) is 74.2 Å². The van der Waals surface area contributed by atoms with E-state index in [9.17, 15) is 14.4 Å². The highest BCUT2D eigenvalue weighted by Gasteiger charge is 2.50. The van der Waals surface area contributed by atoms with Gasteiger partial charge in [-0.2, -0.15) is 0 Å². The summed E-state index contributed by atoms with van der Waals surface area (Å²) in [6, 6.07) is 13.6. The van der Waals surface area contributed by atoms with Gasteiger partial charge in [-0.1, -0.05) is 36.4 Å². The first kappa shape index (κ1) is 24.6. The molecular formula is C27H20ClN5O3S. The number of fused-ring (bicyclic) bond motifs is 1. The van der Waals surface area contributed by atoms with Crippen molar-refractivity contribution >= 4 is 63.8 Å². The Kier molecular flexibility index (Phi) is 5.82. The summed E-state index contributed by atoms with van der Waals surface area (Å²) in [5.74, 6) is -0.715. The second kappa shape index (κ2) is 8.76. The molecule has 10 heteroatoms. The summed E-state index contributed by atoms with van der Waals surface area (Å²) in [4.78, 5) is 50.8. The molecule has 5 rings (SSSR count). The van der Waals surface area contributed by atoms with Crippen LogP contribution in [0.5, 0.6) is 0 Å². The monoisotopic (exact) mass is 529 g/mol. The van der Waals surface area contributed by atoms with Crippen molar-refractivity contribution in [3.8, 4) is 0 Å². The summed E-state index contributed by atoms with van der Waals surface area (Å²) in [5.41, 5.74) is 2.00. The molecule has 37 heavy (non-hydrogen) atoms. The molecule has 0 unspecified atom stereocenters. The highest BCUT2D eigenvalue weighted by molar-refractivity contribution is 7.81. The fourth-order valence-corrected chi connectivity index (χ4v) is 5.36. The molecule has 2 aliphatic heterocycles. The molecule has 0 N–H and O–H groups in total. The van der Waals surface area contributed by atoms with E-state index in [0.29, 0.717) is 38.7 Å². The maximum Gasteiger partial charge on any atom is 0.272 e. The average Bonchev–Trinajstić information content (AvgIpc) is 3.21. The number of amides is 3. The molecular weight excluding hydrogens is 510 g/mol. The molecule has 0 spiro atoms. The molecule has 0 radical (unpaired) electrons. The van der Waals surface area contributed by atoms with Gasteiger partial charge >= 0.3 is 0 Å². The van der Waals surface area contributed by atoms with Crippen molar-refractivity contribution in [3.63, 3.8) is 0 Å². The standard InChI is InChI=1S/C27H20ClN5O3S/c1-15-11-18(13-30-22(15)29-4)32-25(36)27(2,3)33(26(32)37)17-10-9-16(21(28)12-17)14-31-23(34)19-7-5-6-8-20(19)24(31)35/h5-13H,14H2,1-3H3. The molecule has 0 saturated carbocycles. The Balaban J connectivity index is 1.44. The van der Waals surface area contributed by atoms with E-state index in [1.807, 2.05) is 0 Å². The molecule has 0 aliphatic carbocycles. The minimum atomic E-state index is -1.03. The second-order valence-corrected chi connectivity index (χ2v) is 10.1. The van der Waals surface area contributed by atoms with Crippen LogP contribution in [0, 0.1) is 13.5 Å². The van der Waals surface area contributed by atoms with Crippen LogP contribution in [0.25, 0.3) is 4.85 Å². The van der Waals surface area contributed by atoms with Gasteiger partial charge in [0, 0.05) is 10.7 Å². The van der Waals surface area contributed by atoms with Gasteiger partial charge in [0.05, 0.1) is 23.4 Å². The van der Waals surface area contributed by atoms with E-state index in [0.717, 1.165) is 0 Å². The number of hydrogen-bond donors (Lipinski definition) is 0.